The first-order valence-electron chi connectivity index (χ1n) is 8.89. The van der Waals surface area contributed by atoms with Gasteiger partial charge in [-0.25, -0.2) is 4.98 Å². The Morgan fingerprint density at radius 2 is 2.04 bits per heavy atom. The minimum absolute atomic E-state index is 0.0435. The van der Waals surface area contributed by atoms with Crippen LogP contribution in [0, 0.1) is 0 Å². The van der Waals surface area contributed by atoms with Crippen LogP contribution in [0.5, 0.6) is 11.5 Å². The molecule has 0 spiro atoms. The normalized spacial score (nSPS) is 17.6. The Labute approximate surface area is 163 Å². The highest BCUT2D eigenvalue weighted by atomic mass is 32.1. The number of hydrogen-bond donors (Lipinski definition) is 1. The van der Waals surface area contributed by atoms with Crippen LogP contribution in [0.4, 0.5) is 5.82 Å². The van der Waals surface area contributed by atoms with Crippen LogP contribution in [-0.2, 0) is 4.79 Å². The molecule has 4 aromatic rings. The summed E-state index contributed by atoms with van der Waals surface area (Å²) in [7, 11) is 0. The standard InChI is InChI=1S/C20H14N4O3S/c25-18-8-12(11-5-6-15-16(7-11)27-10-26-15)13-9-21-24(19(13)23-18)20-22-14-3-1-2-4-17(14)28-20/h1-7,9,12H,8,10H2,(H,23,25). The Kier molecular flexibility index (Phi) is 3.24. The molecule has 1 N–H and O–H groups in total. The van der Waals surface area contributed by atoms with E-state index in [2.05, 4.69) is 15.4 Å². The molecule has 28 heavy (non-hydrogen) atoms. The number of nitrogens with one attached hydrogen (secondary N) is 1. The number of amides is 1. The molecule has 8 heteroatoms. The molecule has 138 valence electrons. The summed E-state index contributed by atoms with van der Waals surface area (Å²) in [5, 5.41) is 8.25. The summed E-state index contributed by atoms with van der Waals surface area (Å²) in [6, 6.07) is 13.8. The topological polar surface area (TPSA) is 78.3 Å². The summed E-state index contributed by atoms with van der Waals surface area (Å²) < 4.78 is 13.7. The molecular formula is C20H14N4O3S. The van der Waals surface area contributed by atoms with Crippen molar-refractivity contribution in [3.63, 3.8) is 0 Å². The van der Waals surface area contributed by atoms with Crippen LogP contribution in [0.1, 0.15) is 23.5 Å². The fraction of sp³-hybridized carbons (Fsp3) is 0.150. The maximum atomic E-state index is 12.5. The molecule has 2 aromatic carbocycles. The molecule has 1 unspecified atom stereocenters. The number of carbonyl (C=O) groups is 1. The van der Waals surface area contributed by atoms with Crippen molar-refractivity contribution in [2.75, 3.05) is 12.1 Å². The smallest absolute Gasteiger partial charge is 0.231 e. The number of carbonyl (C=O) groups excluding carboxylic acids is 1. The predicted octanol–water partition coefficient (Wildman–Crippen LogP) is 3.68. The van der Waals surface area contributed by atoms with Crippen LogP contribution in [0.15, 0.2) is 48.7 Å². The zero-order valence-electron chi connectivity index (χ0n) is 14.6. The van der Waals surface area contributed by atoms with E-state index in [1.165, 1.54) is 0 Å². The number of para-hydroxylation sites is 1. The Bertz CT molecular complexity index is 1210. The molecule has 0 aliphatic carbocycles. The first-order valence-corrected chi connectivity index (χ1v) is 9.71. The lowest BCUT2D eigenvalue weighted by atomic mass is 9.87. The van der Waals surface area contributed by atoms with E-state index in [4.69, 9.17) is 9.47 Å². The Morgan fingerprint density at radius 1 is 1.14 bits per heavy atom. The van der Waals surface area contributed by atoms with Gasteiger partial charge in [0, 0.05) is 17.9 Å². The summed E-state index contributed by atoms with van der Waals surface area (Å²) in [5.74, 6) is 1.98. The van der Waals surface area contributed by atoms with Gasteiger partial charge in [0.05, 0.1) is 16.4 Å². The number of thiazole rings is 1. The van der Waals surface area contributed by atoms with Gasteiger partial charge in [-0.15, -0.1) is 0 Å². The number of ether oxygens (including phenoxy) is 2. The van der Waals surface area contributed by atoms with Gasteiger partial charge in [0.15, 0.2) is 11.5 Å². The zero-order valence-corrected chi connectivity index (χ0v) is 15.4. The van der Waals surface area contributed by atoms with Crippen molar-refractivity contribution in [1.82, 2.24) is 14.8 Å². The maximum absolute atomic E-state index is 12.5. The SMILES string of the molecule is O=C1CC(c2ccc3c(c2)OCO3)c2cnn(-c3nc4ccccc4s3)c2N1. The van der Waals surface area contributed by atoms with Crippen LogP contribution < -0.4 is 14.8 Å². The number of rotatable bonds is 2. The molecule has 0 bridgehead atoms. The van der Waals surface area contributed by atoms with Gasteiger partial charge in [-0.1, -0.05) is 29.5 Å². The zero-order chi connectivity index (χ0) is 18.7. The lowest BCUT2D eigenvalue weighted by molar-refractivity contribution is -0.116. The quantitative estimate of drug-likeness (QED) is 0.565. The molecule has 1 amide bonds. The minimum atomic E-state index is -0.0959. The molecule has 7 nitrogen and oxygen atoms in total. The molecule has 2 aromatic heterocycles. The largest absolute Gasteiger partial charge is 0.454 e. The van der Waals surface area contributed by atoms with Crippen LogP contribution in [-0.4, -0.2) is 27.5 Å². The highest BCUT2D eigenvalue weighted by Gasteiger charge is 2.32. The number of fused-ring (bicyclic) bond motifs is 3. The second-order valence-electron chi connectivity index (χ2n) is 6.74. The van der Waals surface area contributed by atoms with Crippen molar-refractivity contribution in [3.05, 3.63) is 59.8 Å². The van der Waals surface area contributed by atoms with Crippen molar-refractivity contribution in [3.8, 4) is 16.6 Å². The molecule has 4 heterocycles. The predicted molar refractivity (Wildman–Crippen MR) is 104 cm³/mol. The summed E-state index contributed by atoms with van der Waals surface area (Å²) in [5.41, 5.74) is 2.89. The van der Waals surface area contributed by atoms with Crippen molar-refractivity contribution in [2.45, 2.75) is 12.3 Å². The Balaban J connectivity index is 1.46. The summed E-state index contributed by atoms with van der Waals surface area (Å²) in [6.07, 6.45) is 2.17. The van der Waals surface area contributed by atoms with Gasteiger partial charge in [0.1, 0.15) is 5.82 Å². The average molecular weight is 390 g/mol. The van der Waals surface area contributed by atoms with Gasteiger partial charge in [0.2, 0.25) is 17.8 Å². The summed E-state index contributed by atoms with van der Waals surface area (Å²) in [4.78, 5) is 17.1. The lowest BCUT2D eigenvalue weighted by Gasteiger charge is -2.23. The van der Waals surface area contributed by atoms with Gasteiger partial charge in [-0.3, -0.25) is 4.79 Å². The number of nitrogens with zero attached hydrogens (tertiary/aromatic N) is 3. The molecule has 1 atom stereocenters. The number of aromatic nitrogens is 3. The molecule has 0 fully saturated rings. The van der Waals surface area contributed by atoms with Gasteiger partial charge in [0.25, 0.3) is 0 Å². The van der Waals surface area contributed by atoms with Crippen LogP contribution in [0.2, 0.25) is 0 Å². The van der Waals surface area contributed by atoms with E-state index in [0.29, 0.717) is 18.0 Å². The first-order chi connectivity index (χ1) is 13.8. The second kappa shape index (κ2) is 5.80. The molecule has 2 aliphatic rings. The number of anilines is 1. The van der Waals surface area contributed by atoms with E-state index in [9.17, 15) is 4.79 Å². The van der Waals surface area contributed by atoms with Gasteiger partial charge < -0.3 is 14.8 Å². The highest BCUT2D eigenvalue weighted by Crippen LogP contribution is 2.42. The molecule has 2 aliphatic heterocycles. The fourth-order valence-corrected chi connectivity index (χ4v) is 4.67. The average Bonchev–Trinajstić information content (AvgIpc) is 3.43. The molecule has 0 saturated heterocycles. The molecule has 6 rings (SSSR count). The van der Waals surface area contributed by atoms with E-state index in [1.54, 1.807) is 16.0 Å². The van der Waals surface area contributed by atoms with E-state index < -0.39 is 0 Å². The van der Waals surface area contributed by atoms with Crippen molar-refractivity contribution >= 4 is 33.3 Å². The minimum Gasteiger partial charge on any atom is -0.454 e. The number of hydrogen-bond acceptors (Lipinski definition) is 6. The van der Waals surface area contributed by atoms with E-state index >= 15 is 0 Å². The molecule has 0 radical (unpaired) electrons. The van der Waals surface area contributed by atoms with Crippen molar-refractivity contribution in [2.24, 2.45) is 0 Å². The van der Waals surface area contributed by atoms with Gasteiger partial charge in [-0.2, -0.15) is 9.78 Å². The fourth-order valence-electron chi connectivity index (χ4n) is 3.74. The second-order valence-corrected chi connectivity index (χ2v) is 7.75. The first kappa shape index (κ1) is 15.6. The van der Waals surface area contributed by atoms with E-state index in [-0.39, 0.29) is 18.6 Å². The number of benzene rings is 2. The van der Waals surface area contributed by atoms with Gasteiger partial charge in [-0.05, 0) is 29.8 Å². The molecular weight excluding hydrogens is 376 g/mol. The summed E-state index contributed by atoms with van der Waals surface area (Å²) >= 11 is 1.54. The monoisotopic (exact) mass is 390 g/mol. The van der Waals surface area contributed by atoms with Gasteiger partial charge >= 0.3 is 0 Å². The van der Waals surface area contributed by atoms with Crippen molar-refractivity contribution in [1.29, 1.82) is 0 Å². The van der Waals surface area contributed by atoms with E-state index in [0.717, 1.165) is 32.2 Å². The lowest BCUT2D eigenvalue weighted by Crippen LogP contribution is -2.24. The van der Waals surface area contributed by atoms with Crippen molar-refractivity contribution < 1.29 is 14.3 Å². The highest BCUT2D eigenvalue weighted by molar-refractivity contribution is 7.20. The van der Waals surface area contributed by atoms with E-state index in [1.807, 2.05) is 48.7 Å². The summed E-state index contributed by atoms with van der Waals surface area (Å²) in [6.45, 7) is 0.227. The Morgan fingerprint density at radius 3 is 2.96 bits per heavy atom. The third-order valence-electron chi connectivity index (χ3n) is 5.08. The third-order valence-corrected chi connectivity index (χ3v) is 6.09. The van der Waals surface area contributed by atoms with Crippen LogP contribution in [0.3, 0.4) is 0 Å². The third kappa shape index (κ3) is 2.31. The van der Waals surface area contributed by atoms with Crippen LogP contribution in [0.25, 0.3) is 15.3 Å². The molecule has 0 saturated carbocycles. The van der Waals surface area contributed by atoms with Crippen LogP contribution >= 0.6 is 11.3 Å². The maximum Gasteiger partial charge on any atom is 0.231 e. The Hall–Kier alpha value is -3.39.